The van der Waals surface area contributed by atoms with Crippen LogP contribution in [-0.4, -0.2) is 14.2 Å². The maximum atomic E-state index is 6.04. The third kappa shape index (κ3) is 5.94. The lowest BCUT2D eigenvalue weighted by atomic mass is 10.1. The number of methoxy groups -OCH3 is 2. The molecule has 0 aliphatic carbocycles. The molecule has 0 spiro atoms. The van der Waals surface area contributed by atoms with Gasteiger partial charge in [0.25, 0.3) is 0 Å². The van der Waals surface area contributed by atoms with Gasteiger partial charge >= 0.3 is 0 Å². The average Bonchev–Trinajstić information content (AvgIpc) is 3.10. The molecular formula is C41H39NO2P2. The molecule has 0 saturated heterocycles. The minimum absolute atomic E-state index is 0.861. The van der Waals surface area contributed by atoms with Crippen LogP contribution in [-0.2, 0) is 0 Å². The first-order chi connectivity index (χ1) is 22.5. The second-order valence-electron chi connectivity index (χ2n) is 11.3. The van der Waals surface area contributed by atoms with Crippen molar-refractivity contribution in [2.45, 2.75) is 20.8 Å². The van der Waals surface area contributed by atoms with Crippen LogP contribution in [0.2, 0.25) is 0 Å². The predicted molar refractivity (Wildman–Crippen MR) is 200 cm³/mol. The maximum Gasteiger partial charge on any atom is 0.127 e. The minimum atomic E-state index is -2.66. The van der Waals surface area contributed by atoms with Gasteiger partial charge < -0.3 is 9.47 Å². The first-order valence-corrected chi connectivity index (χ1v) is 18.5. The van der Waals surface area contributed by atoms with Crippen molar-refractivity contribution < 1.29 is 9.47 Å². The van der Waals surface area contributed by atoms with Crippen molar-refractivity contribution in [2.75, 3.05) is 14.2 Å². The summed E-state index contributed by atoms with van der Waals surface area (Å²) in [6.45, 7) is 6.53. The number of hydrogen-bond acceptors (Lipinski definition) is 3. The summed E-state index contributed by atoms with van der Waals surface area (Å²) in [5.41, 5.74) is 4.67. The van der Waals surface area contributed by atoms with Gasteiger partial charge in [0, 0.05) is 26.5 Å². The van der Waals surface area contributed by atoms with Gasteiger partial charge in [-0.1, -0.05) is 139 Å². The van der Waals surface area contributed by atoms with E-state index in [1.165, 1.54) is 37.9 Å². The predicted octanol–water partition coefficient (Wildman–Crippen LogP) is 8.20. The molecule has 0 bridgehead atoms. The quantitative estimate of drug-likeness (QED) is 0.149. The second-order valence-corrected chi connectivity index (χ2v) is 16.4. The zero-order valence-corrected chi connectivity index (χ0v) is 28.8. The van der Waals surface area contributed by atoms with Gasteiger partial charge in [-0.25, -0.2) is 0 Å². The molecule has 0 heterocycles. The Kier molecular flexibility index (Phi) is 9.55. The Morgan fingerprint density at radius 2 is 0.913 bits per heavy atom. The van der Waals surface area contributed by atoms with E-state index in [0.29, 0.717) is 0 Å². The molecule has 6 aromatic carbocycles. The zero-order valence-electron chi connectivity index (χ0n) is 27.0. The van der Waals surface area contributed by atoms with E-state index in [-0.39, 0.29) is 0 Å². The molecule has 0 amide bonds. The largest absolute Gasteiger partial charge is 0.496 e. The molecule has 6 rings (SSSR count). The molecule has 3 nitrogen and oxygen atoms in total. The molecule has 5 heteroatoms. The molecule has 0 aliphatic heterocycles. The molecule has 0 radical (unpaired) electrons. The number of aryl methyl sites for hydroxylation is 3. The van der Waals surface area contributed by atoms with Crippen molar-refractivity contribution in [3.63, 3.8) is 0 Å². The van der Waals surface area contributed by atoms with E-state index in [1.54, 1.807) is 14.2 Å². The lowest BCUT2D eigenvalue weighted by Crippen LogP contribution is -2.37. The highest BCUT2D eigenvalue weighted by Gasteiger charge is 2.34. The van der Waals surface area contributed by atoms with Crippen LogP contribution in [0.3, 0.4) is 0 Å². The lowest BCUT2D eigenvalue weighted by molar-refractivity contribution is 0.417. The van der Waals surface area contributed by atoms with Crippen molar-refractivity contribution in [2.24, 2.45) is 4.74 Å². The van der Waals surface area contributed by atoms with Crippen LogP contribution in [0, 0.1) is 20.8 Å². The van der Waals surface area contributed by atoms with E-state index in [2.05, 4.69) is 154 Å². The fourth-order valence-corrected chi connectivity index (χ4v) is 13.3. The number of ether oxygens (including phenoxy) is 2. The first-order valence-electron chi connectivity index (χ1n) is 15.4. The van der Waals surface area contributed by atoms with Gasteiger partial charge in [-0.3, -0.25) is 4.74 Å². The van der Waals surface area contributed by atoms with Gasteiger partial charge in [0.15, 0.2) is 0 Å². The van der Waals surface area contributed by atoms with Gasteiger partial charge in [-0.2, -0.15) is 0 Å². The van der Waals surface area contributed by atoms with Crippen molar-refractivity contribution in [3.8, 4) is 11.5 Å². The Hall–Kier alpha value is -4.42. The molecule has 0 atom stereocenters. The van der Waals surface area contributed by atoms with Crippen LogP contribution in [0.15, 0.2) is 150 Å². The lowest BCUT2D eigenvalue weighted by Gasteiger charge is -2.32. The number of para-hydroxylation sites is 2. The molecular weight excluding hydrogens is 600 g/mol. The Bertz CT molecular complexity index is 1910. The number of hydrogen-bond donors (Lipinski definition) is 0. The fraction of sp³-hybridized carbons (Fsp3) is 0.122. The van der Waals surface area contributed by atoms with Crippen LogP contribution in [0.25, 0.3) is 0 Å². The summed E-state index contributed by atoms with van der Waals surface area (Å²) in [6.07, 6.45) is 0. The van der Waals surface area contributed by atoms with Gasteiger partial charge in [0.2, 0.25) is 0 Å². The highest BCUT2D eigenvalue weighted by molar-refractivity contribution is 7.90. The third-order valence-electron chi connectivity index (χ3n) is 8.27. The summed E-state index contributed by atoms with van der Waals surface area (Å²) in [6, 6.07) is 52.0. The summed E-state index contributed by atoms with van der Waals surface area (Å²) in [5, 5.41) is 7.16. The Morgan fingerprint density at radius 3 is 1.39 bits per heavy atom. The normalized spacial score (nSPS) is 11.3. The Labute approximate surface area is 274 Å². The summed E-state index contributed by atoms with van der Waals surface area (Å²) < 4.78 is 18.1. The first kappa shape index (κ1) is 31.6. The van der Waals surface area contributed by atoms with Crippen LogP contribution < -0.4 is 41.3 Å². The topological polar surface area (TPSA) is 30.8 Å². The van der Waals surface area contributed by atoms with E-state index in [9.17, 15) is 0 Å². The number of nitrogens with zero attached hydrogens (tertiary/aromatic N) is 1. The van der Waals surface area contributed by atoms with Crippen molar-refractivity contribution in [1.29, 1.82) is 0 Å². The van der Waals surface area contributed by atoms with E-state index < -0.39 is 15.0 Å². The fourth-order valence-electron chi connectivity index (χ4n) is 6.31. The minimum Gasteiger partial charge on any atom is -0.496 e. The highest BCUT2D eigenvalue weighted by atomic mass is 31.2. The molecule has 6 aromatic rings. The van der Waals surface area contributed by atoms with Gasteiger partial charge in [-0.15, -0.1) is 0 Å². The van der Waals surface area contributed by atoms with E-state index in [0.717, 1.165) is 27.8 Å². The standard InChI is InChI=1S/C41H39NO2P2/c1-30-28-31(2)41(32(3)29-30)42-46(33-18-8-6-9-19-33,34-20-10-7-11-21-34)40-27-17-16-26-39(40)45(37-24-14-12-22-35(37)43-4)38-25-15-13-23-36(38)44-5/h6-29H,1-5H3. The SMILES string of the molecule is COc1ccccc1P(c1ccccc1OC)c1ccccc1P(=Nc1c(C)cc(C)cc1C)(c1ccccc1)c1ccccc1. The molecule has 0 saturated carbocycles. The molecule has 0 fully saturated rings. The van der Waals surface area contributed by atoms with Gasteiger partial charge in [0.05, 0.1) is 27.0 Å². The smallest absolute Gasteiger partial charge is 0.127 e. The van der Waals surface area contributed by atoms with Crippen LogP contribution >= 0.6 is 15.0 Å². The number of rotatable bonds is 9. The zero-order chi connectivity index (χ0) is 32.1. The van der Waals surface area contributed by atoms with Crippen LogP contribution in [0.1, 0.15) is 16.7 Å². The Morgan fingerprint density at radius 1 is 0.500 bits per heavy atom. The molecule has 46 heavy (non-hydrogen) atoms. The summed E-state index contributed by atoms with van der Waals surface area (Å²) in [4.78, 5) is 0. The second kappa shape index (κ2) is 13.9. The van der Waals surface area contributed by atoms with Crippen LogP contribution in [0.4, 0.5) is 5.69 Å². The molecule has 230 valence electrons. The van der Waals surface area contributed by atoms with Crippen molar-refractivity contribution in [1.82, 2.24) is 0 Å². The molecule has 0 aliphatic rings. The maximum absolute atomic E-state index is 6.04. The van der Waals surface area contributed by atoms with E-state index >= 15 is 0 Å². The summed E-state index contributed by atoms with van der Waals surface area (Å²) in [7, 11) is -0.299. The Balaban J connectivity index is 1.81. The van der Waals surface area contributed by atoms with Crippen molar-refractivity contribution >= 4 is 52.5 Å². The highest BCUT2D eigenvalue weighted by Crippen LogP contribution is 2.52. The molecule has 0 unspecified atom stereocenters. The average molecular weight is 640 g/mol. The van der Waals surface area contributed by atoms with E-state index in [4.69, 9.17) is 14.2 Å². The van der Waals surface area contributed by atoms with Crippen molar-refractivity contribution in [3.05, 3.63) is 162 Å². The van der Waals surface area contributed by atoms with E-state index in [1.807, 2.05) is 12.1 Å². The summed E-state index contributed by atoms with van der Waals surface area (Å²) in [5.74, 6) is 1.72. The van der Waals surface area contributed by atoms with Gasteiger partial charge in [0.1, 0.15) is 11.5 Å². The number of benzene rings is 6. The van der Waals surface area contributed by atoms with Gasteiger partial charge in [-0.05, 0) is 57.3 Å². The van der Waals surface area contributed by atoms with Crippen LogP contribution in [0.5, 0.6) is 11.5 Å². The monoisotopic (exact) mass is 639 g/mol. The summed E-state index contributed by atoms with van der Waals surface area (Å²) >= 11 is 0. The molecule has 0 aromatic heterocycles. The third-order valence-corrected chi connectivity index (χ3v) is 14.7. The molecule has 0 N–H and O–H groups in total.